The molecule has 1 N–H and O–H groups in total. The molecule has 1 fully saturated rings. The molecule has 0 saturated carbocycles. The van der Waals surface area contributed by atoms with Crippen molar-refractivity contribution >= 4 is 54.9 Å². The van der Waals surface area contributed by atoms with Gasteiger partial charge in [0.15, 0.2) is 0 Å². The Morgan fingerprint density at radius 2 is 1.85 bits per heavy atom. The molecule has 1 aliphatic rings. The number of nitrogens with zero attached hydrogens (tertiary/aromatic N) is 4. The Morgan fingerprint density at radius 1 is 1.12 bits per heavy atom. The van der Waals surface area contributed by atoms with Crippen LogP contribution in [0.15, 0.2) is 34.1 Å². The number of halogens is 2. The third kappa shape index (κ3) is 3.59. The van der Waals surface area contributed by atoms with E-state index in [1.54, 1.807) is 11.3 Å². The second kappa shape index (κ2) is 7.78. The molecule has 0 atom stereocenters. The molecule has 0 amide bonds. The number of benzene rings is 1. The summed E-state index contributed by atoms with van der Waals surface area (Å²) in [5.41, 5.74) is 2.28. The minimum atomic E-state index is 0.196. The molecule has 2 aromatic heterocycles. The van der Waals surface area contributed by atoms with Gasteiger partial charge < -0.3 is 10.0 Å². The fraction of sp³-hybridized carbons (Fsp3) is 0.333. The van der Waals surface area contributed by atoms with E-state index in [1.807, 2.05) is 12.1 Å². The average molecular weight is 454 g/mol. The smallest absolute Gasteiger partial charge is 0.225 e. The van der Waals surface area contributed by atoms with Crippen LogP contribution in [0, 0.1) is 0 Å². The largest absolute Gasteiger partial charge is 0.395 e. The molecule has 0 spiro atoms. The number of piperazine rings is 1. The Kier molecular flexibility index (Phi) is 5.42. The van der Waals surface area contributed by atoms with Crippen LogP contribution in [-0.4, -0.2) is 59.3 Å². The molecule has 0 unspecified atom stereocenters. The molecular formula is C18H18BrClN4OS. The summed E-state index contributed by atoms with van der Waals surface area (Å²) in [4.78, 5) is 14.5. The number of fused-ring (bicyclic) bond motifs is 1. The number of aromatic nitrogens is 2. The van der Waals surface area contributed by atoms with E-state index in [2.05, 4.69) is 53.2 Å². The number of aliphatic hydroxyl groups excluding tert-OH is 1. The minimum absolute atomic E-state index is 0.196. The number of rotatable bonds is 4. The van der Waals surface area contributed by atoms with Crippen molar-refractivity contribution in [2.45, 2.75) is 0 Å². The average Bonchev–Trinajstić information content (AvgIpc) is 3.06. The van der Waals surface area contributed by atoms with Gasteiger partial charge in [0.2, 0.25) is 5.28 Å². The highest BCUT2D eigenvalue weighted by molar-refractivity contribution is 9.10. The van der Waals surface area contributed by atoms with Crippen LogP contribution in [0.2, 0.25) is 5.28 Å². The highest BCUT2D eigenvalue weighted by atomic mass is 79.9. The van der Waals surface area contributed by atoms with Gasteiger partial charge in [-0.2, -0.15) is 4.98 Å². The lowest BCUT2D eigenvalue weighted by atomic mass is 10.1. The lowest BCUT2D eigenvalue weighted by Crippen LogP contribution is -2.47. The predicted molar refractivity (Wildman–Crippen MR) is 111 cm³/mol. The van der Waals surface area contributed by atoms with E-state index >= 15 is 0 Å². The Morgan fingerprint density at radius 3 is 2.54 bits per heavy atom. The molecule has 0 bridgehead atoms. The summed E-state index contributed by atoms with van der Waals surface area (Å²) in [7, 11) is 0. The Labute approximate surface area is 169 Å². The Hall–Kier alpha value is -1.25. The molecule has 0 aliphatic carbocycles. The van der Waals surface area contributed by atoms with Crippen molar-refractivity contribution in [2.24, 2.45) is 0 Å². The van der Waals surface area contributed by atoms with Gasteiger partial charge in [-0.3, -0.25) is 4.90 Å². The van der Waals surface area contributed by atoms with Crippen molar-refractivity contribution < 1.29 is 5.11 Å². The van der Waals surface area contributed by atoms with Crippen LogP contribution in [0.25, 0.3) is 21.3 Å². The number of β-amino-alcohol motifs (C(OH)–C–C–N with tert-alkyl or cyclic N) is 1. The molecular weight excluding hydrogens is 436 g/mol. The van der Waals surface area contributed by atoms with E-state index < -0.39 is 0 Å². The number of anilines is 1. The monoisotopic (exact) mass is 452 g/mol. The van der Waals surface area contributed by atoms with Gasteiger partial charge in [-0.15, -0.1) is 11.3 Å². The molecule has 8 heteroatoms. The maximum Gasteiger partial charge on any atom is 0.225 e. The molecule has 26 heavy (non-hydrogen) atoms. The molecule has 1 aromatic carbocycles. The quantitative estimate of drug-likeness (QED) is 0.608. The minimum Gasteiger partial charge on any atom is -0.395 e. The van der Waals surface area contributed by atoms with Crippen LogP contribution in [-0.2, 0) is 0 Å². The van der Waals surface area contributed by atoms with Gasteiger partial charge in [-0.05, 0) is 29.3 Å². The fourth-order valence-corrected chi connectivity index (χ4v) is 4.71. The molecule has 4 rings (SSSR count). The SMILES string of the molecule is OCCN1CCN(c2nc(Cl)nc3scc(-c4ccc(Br)cc4)c23)CC1. The van der Waals surface area contributed by atoms with E-state index in [1.165, 1.54) is 0 Å². The zero-order chi connectivity index (χ0) is 18.1. The van der Waals surface area contributed by atoms with Gasteiger partial charge in [0.25, 0.3) is 0 Å². The standard InChI is InChI=1S/C18H18BrClN4OS/c19-13-3-1-12(2-4-13)14-11-26-17-15(14)16(21-18(20)22-17)24-7-5-23(6-8-24)9-10-25/h1-4,11,25H,5-10H2. The fourth-order valence-electron chi connectivity index (χ4n) is 3.29. The van der Waals surface area contributed by atoms with Crippen LogP contribution in [0.1, 0.15) is 0 Å². The molecule has 136 valence electrons. The predicted octanol–water partition coefficient (Wildman–Crippen LogP) is 3.89. The molecule has 5 nitrogen and oxygen atoms in total. The Bertz CT molecular complexity index is 909. The van der Waals surface area contributed by atoms with E-state index in [9.17, 15) is 0 Å². The van der Waals surface area contributed by atoms with Crippen molar-refractivity contribution in [3.05, 3.63) is 39.4 Å². The number of aliphatic hydroxyl groups is 1. The van der Waals surface area contributed by atoms with E-state index in [0.717, 1.165) is 64.4 Å². The van der Waals surface area contributed by atoms with E-state index in [-0.39, 0.29) is 11.9 Å². The van der Waals surface area contributed by atoms with Crippen molar-refractivity contribution in [2.75, 3.05) is 44.2 Å². The van der Waals surface area contributed by atoms with Crippen molar-refractivity contribution in [1.82, 2.24) is 14.9 Å². The zero-order valence-corrected chi connectivity index (χ0v) is 17.2. The third-order valence-electron chi connectivity index (χ3n) is 4.63. The lowest BCUT2D eigenvalue weighted by Gasteiger charge is -2.35. The van der Waals surface area contributed by atoms with Crippen LogP contribution < -0.4 is 4.90 Å². The summed E-state index contributed by atoms with van der Waals surface area (Å²) in [6.45, 7) is 4.44. The normalized spacial score (nSPS) is 15.7. The van der Waals surface area contributed by atoms with Gasteiger partial charge in [0, 0.05) is 48.1 Å². The zero-order valence-electron chi connectivity index (χ0n) is 14.0. The lowest BCUT2D eigenvalue weighted by molar-refractivity contribution is 0.188. The molecule has 1 saturated heterocycles. The maximum atomic E-state index is 9.14. The summed E-state index contributed by atoms with van der Waals surface area (Å²) in [5.74, 6) is 0.905. The summed E-state index contributed by atoms with van der Waals surface area (Å²) >= 11 is 11.3. The first-order chi connectivity index (χ1) is 12.7. The second-order valence-corrected chi connectivity index (χ2v) is 8.32. The van der Waals surface area contributed by atoms with Gasteiger partial charge >= 0.3 is 0 Å². The third-order valence-corrected chi connectivity index (χ3v) is 6.20. The highest BCUT2D eigenvalue weighted by Gasteiger charge is 2.23. The van der Waals surface area contributed by atoms with Crippen LogP contribution in [0.3, 0.4) is 0 Å². The van der Waals surface area contributed by atoms with Crippen LogP contribution >= 0.6 is 38.9 Å². The van der Waals surface area contributed by atoms with Gasteiger partial charge in [0.05, 0.1) is 12.0 Å². The van der Waals surface area contributed by atoms with Crippen molar-refractivity contribution in [3.8, 4) is 11.1 Å². The van der Waals surface area contributed by atoms with Crippen molar-refractivity contribution in [3.63, 3.8) is 0 Å². The van der Waals surface area contributed by atoms with Gasteiger partial charge in [0.1, 0.15) is 10.6 Å². The summed E-state index contributed by atoms with van der Waals surface area (Å²) < 4.78 is 1.06. The summed E-state index contributed by atoms with van der Waals surface area (Å²) in [6.07, 6.45) is 0. The highest BCUT2D eigenvalue weighted by Crippen LogP contribution is 2.39. The molecule has 0 radical (unpaired) electrons. The number of hydrogen-bond acceptors (Lipinski definition) is 6. The van der Waals surface area contributed by atoms with E-state index in [4.69, 9.17) is 16.7 Å². The number of thiophene rings is 1. The second-order valence-electron chi connectivity index (χ2n) is 6.20. The van der Waals surface area contributed by atoms with E-state index in [0.29, 0.717) is 0 Å². The molecule has 1 aliphatic heterocycles. The first kappa shape index (κ1) is 18.1. The maximum absolute atomic E-state index is 9.14. The topological polar surface area (TPSA) is 52.5 Å². The van der Waals surface area contributed by atoms with Gasteiger partial charge in [-0.1, -0.05) is 28.1 Å². The first-order valence-corrected chi connectivity index (χ1v) is 10.5. The van der Waals surface area contributed by atoms with Crippen LogP contribution in [0.4, 0.5) is 5.82 Å². The van der Waals surface area contributed by atoms with Crippen molar-refractivity contribution in [1.29, 1.82) is 0 Å². The number of hydrogen-bond donors (Lipinski definition) is 1. The summed E-state index contributed by atoms with van der Waals surface area (Å²) in [6, 6.07) is 8.29. The van der Waals surface area contributed by atoms with Gasteiger partial charge in [-0.25, -0.2) is 4.98 Å². The van der Waals surface area contributed by atoms with Crippen LogP contribution in [0.5, 0.6) is 0 Å². The Balaban J connectivity index is 1.74. The molecule has 3 heterocycles. The summed E-state index contributed by atoms with van der Waals surface area (Å²) in [5, 5.41) is 12.6. The molecule has 3 aromatic rings. The first-order valence-electron chi connectivity index (χ1n) is 8.44.